The molecule has 0 amide bonds. The fourth-order valence-electron chi connectivity index (χ4n) is 3.23. The Morgan fingerprint density at radius 1 is 1.00 bits per heavy atom. The van der Waals surface area contributed by atoms with Gasteiger partial charge in [-0.15, -0.1) is 0 Å². The number of rotatable bonds is 9. The molecule has 0 radical (unpaired) electrons. The van der Waals surface area contributed by atoms with Crippen LogP contribution in [0, 0.1) is 13.8 Å². The van der Waals surface area contributed by atoms with Crippen molar-refractivity contribution in [2.24, 2.45) is 7.05 Å². The minimum Gasteiger partial charge on any atom is -0.478 e. The standard InChI is InChI=1S/C18H27N7O2.C4H4O4/c1-14-12-15(2)21-17(20-14)25-9-7-24(8-10-25)6-4-5-11-27-16-13-19-23(3)18(26)22-16;5-3(6)1-2-4(7)8/h12-13H,4-11H2,1-3H3;1-2H,(H,5,6)(H,7,8)/b;2-1+. The lowest BCUT2D eigenvalue weighted by Gasteiger charge is -2.34. The zero-order chi connectivity index (χ0) is 25.8. The maximum Gasteiger partial charge on any atom is 0.366 e. The molecule has 1 aliphatic rings. The first-order valence-electron chi connectivity index (χ1n) is 11.1. The summed E-state index contributed by atoms with van der Waals surface area (Å²) in [4.78, 5) is 48.1. The largest absolute Gasteiger partial charge is 0.478 e. The molecule has 0 bridgehead atoms. The maximum atomic E-state index is 11.4. The molecular formula is C22H31N7O6. The van der Waals surface area contributed by atoms with E-state index in [4.69, 9.17) is 14.9 Å². The fourth-order valence-corrected chi connectivity index (χ4v) is 3.23. The van der Waals surface area contributed by atoms with Gasteiger partial charge in [0.15, 0.2) is 0 Å². The first-order chi connectivity index (χ1) is 16.6. The summed E-state index contributed by atoms with van der Waals surface area (Å²) in [6.07, 6.45) is 4.54. The highest BCUT2D eigenvalue weighted by Crippen LogP contribution is 2.13. The molecule has 3 rings (SSSR count). The van der Waals surface area contributed by atoms with Crippen LogP contribution in [0.5, 0.6) is 5.88 Å². The van der Waals surface area contributed by atoms with E-state index in [1.54, 1.807) is 7.05 Å². The number of hydrogen-bond acceptors (Lipinski definition) is 10. The third-order valence-corrected chi connectivity index (χ3v) is 4.94. The van der Waals surface area contributed by atoms with Crippen molar-refractivity contribution in [3.05, 3.63) is 46.3 Å². The zero-order valence-corrected chi connectivity index (χ0v) is 20.1. The second-order valence-corrected chi connectivity index (χ2v) is 7.85. The third-order valence-electron chi connectivity index (χ3n) is 4.94. The summed E-state index contributed by atoms with van der Waals surface area (Å²) in [6, 6.07) is 2.00. The highest BCUT2D eigenvalue weighted by molar-refractivity contribution is 5.89. The van der Waals surface area contributed by atoms with Crippen molar-refractivity contribution in [2.45, 2.75) is 26.7 Å². The number of aryl methyl sites for hydroxylation is 3. The Bertz CT molecular complexity index is 1040. The number of aromatic nitrogens is 5. The van der Waals surface area contributed by atoms with Gasteiger partial charge >= 0.3 is 17.6 Å². The number of hydrogen-bond donors (Lipinski definition) is 2. The Morgan fingerprint density at radius 3 is 2.14 bits per heavy atom. The SMILES string of the molecule is Cc1cc(C)nc(N2CCN(CCCCOc3cnn(C)c(=O)n3)CC2)n1.O=C(O)/C=C/C(=O)O. The van der Waals surface area contributed by atoms with E-state index in [1.165, 1.54) is 10.9 Å². The van der Waals surface area contributed by atoms with Crippen LogP contribution in [0.15, 0.2) is 29.2 Å². The van der Waals surface area contributed by atoms with Crippen LogP contribution in [0.4, 0.5) is 5.95 Å². The smallest absolute Gasteiger partial charge is 0.366 e. The van der Waals surface area contributed by atoms with Crippen LogP contribution in [0.2, 0.25) is 0 Å². The van der Waals surface area contributed by atoms with Gasteiger partial charge < -0.3 is 19.8 Å². The molecule has 13 heteroatoms. The molecule has 0 aromatic carbocycles. The fraction of sp³-hybridized carbons (Fsp3) is 0.500. The second-order valence-electron chi connectivity index (χ2n) is 7.85. The quantitative estimate of drug-likeness (QED) is 0.366. The first kappa shape index (κ1) is 27.4. The monoisotopic (exact) mass is 489 g/mol. The van der Waals surface area contributed by atoms with Gasteiger partial charge in [-0.25, -0.2) is 29.0 Å². The van der Waals surface area contributed by atoms with Crippen molar-refractivity contribution < 1.29 is 24.5 Å². The number of carbonyl (C=O) groups is 2. The van der Waals surface area contributed by atoms with E-state index in [0.29, 0.717) is 24.6 Å². The Labute approximate surface area is 202 Å². The molecule has 1 aliphatic heterocycles. The molecule has 0 spiro atoms. The average Bonchev–Trinajstić information content (AvgIpc) is 2.80. The van der Waals surface area contributed by atoms with Crippen LogP contribution in [0.25, 0.3) is 0 Å². The molecule has 0 unspecified atom stereocenters. The van der Waals surface area contributed by atoms with Gasteiger partial charge in [-0.2, -0.15) is 10.1 Å². The number of unbranched alkanes of at least 4 members (excludes halogenated alkanes) is 1. The van der Waals surface area contributed by atoms with Crippen molar-refractivity contribution in [1.29, 1.82) is 0 Å². The average molecular weight is 490 g/mol. The van der Waals surface area contributed by atoms with Gasteiger partial charge in [-0.05, 0) is 39.3 Å². The van der Waals surface area contributed by atoms with Crippen molar-refractivity contribution in [1.82, 2.24) is 29.6 Å². The lowest BCUT2D eigenvalue weighted by Crippen LogP contribution is -2.47. The third kappa shape index (κ3) is 10.3. The summed E-state index contributed by atoms with van der Waals surface area (Å²) < 4.78 is 6.67. The Morgan fingerprint density at radius 2 is 1.60 bits per heavy atom. The molecule has 3 heterocycles. The highest BCUT2D eigenvalue weighted by Gasteiger charge is 2.19. The van der Waals surface area contributed by atoms with Gasteiger partial charge in [-0.1, -0.05) is 0 Å². The molecule has 0 atom stereocenters. The lowest BCUT2D eigenvalue weighted by molar-refractivity contribution is -0.134. The van der Waals surface area contributed by atoms with Crippen molar-refractivity contribution in [3.63, 3.8) is 0 Å². The Balaban J connectivity index is 0.000000466. The Kier molecular flexibility index (Phi) is 10.8. The molecule has 1 fully saturated rings. The van der Waals surface area contributed by atoms with Gasteiger partial charge in [0.05, 0.1) is 6.61 Å². The van der Waals surface area contributed by atoms with Crippen LogP contribution in [-0.4, -0.2) is 91.1 Å². The van der Waals surface area contributed by atoms with E-state index < -0.39 is 17.6 Å². The van der Waals surface area contributed by atoms with E-state index in [1.807, 2.05) is 19.9 Å². The van der Waals surface area contributed by atoms with E-state index >= 15 is 0 Å². The minimum absolute atomic E-state index is 0.292. The van der Waals surface area contributed by atoms with Crippen molar-refractivity contribution in [3.8, 4) is 5.88 Å². The molecule has 13 nitrogen and oxygen atoms in total. The molecule has 2 aromatic rings. The van der Waals surface area contributed by atoms with Crippen molar-refractivity contribution >= 4 is 17.9 Å². The van der Waals surface area contributed by atoms with Crippen LogP contribution < -0.4 is 15.3 Å². The van der Waals surface area contributed by atoms with Crippen LogP contribution in [0.3, 0.4) is 0 Å². The van der Waals surface area contributed by atoms with Crippen LogP contribution in [0.1, 0.15) is 24.2 Å². The molecule has 2 N–H and O–H groups in total. The van der Waals surface area contributed by atoms with Gasteiger partial charge in [0.2, 0.25) is 11.8 Å². The number of piperazine rings is 1. The molecule has 0 aliphatic carbocycles. The molecule has 2 aromatic heterocycles. The molecule has 190 valence electrons. The number of aliphatic carboxylic acids is 2. The number of anilines is 1. The summed E-state index contributed by atoms with van der Waals surface area (Å²) in [7, 11) is 1.56. The predicted octanol–water partition coefficient (Wildman–Crippen LogP) is 0.275. The summed E-state index contributed by atoms with van der Waals surface area (Å²) in [5.74, 6) is -1.38. The predicted molar refractivity (Wildman–Crippen MR) is 127 cm³/mol. The van der Waals surface area contributed by atoms with Crippen molar-refractivity contribution in [2.75, 3.05) is 44.2 Å². The second kappa shape index (κ2) is 13.7. The van der Waals surface area contributed by atoms with Gasteiger partial charge in [0, 0.05) is 56.8 Å². The van der Waals surface area contributed by atoms with Crippen LogP contribution in [-0.2, 0) is 16.6 Å². The lowest BCUT2D eigenvalue weighted by atomic mass is 10.2. The number of carboxylic acid groups (broad SMARTS) is 2. The number of nitrogens with zero attached hydrogens (tertiary/aromatic N) is 7. The zero-order valence-electron chi connectivity index (χ0n) is 20.1. The number of ether oxygens (including phenoxy) is 1. The molecule has 35 heavy (non-hydrogen) atoms. The topological polar surface area (TPSA) is 164 Å². The molecule has 0 saturated carbocycles. The number of carboxylic acids is 2. The van der Waals surface area contributed by atoms with Gasteiger partial charge in [-0.3, -0.25) is 4.90 Å². The van der Waals surface area contributed by atoms with Gasteiger partial charge in [0.25, 0.3) is 0 Å². The van der Waals surface area contributed by atoms with E-state index in [0.717, 1.165) is 62.9 Å². The normalized spacial score (nSPS) is 13.9. The minimum atomic E-state index is -1.26. The van der Waals surface area contributed by atoms with Gasteiger partial charge in [0.1, 0.15) is 6.20 Å². The van der Waals surface area contributed by atoms with Crippen LogP contribution >= 0.6 is 0 Å². The van der Waals surface area contributed by atoms with E-state index in [-0.39, 0.29) is 0 Å². The maximum absolute atomic E-state index is 11.4. The van der Waals surface area contributed by atoms with E-state index in [9.17, 15) is 14.4 Å². The highest BCUT2D eigenvalue weighted by atomic mass is 16.5. The molecule has 1 saturated heterocycles. The summed E-state index contributed by atoms with van der Waals surface area (Å²) in [5.41, 5.74) is 1.62. The van der Waals surface area contributed by atoms with E-state index in [2.05, 4.69) is 29.9 Å². The Hall–Kier alpha value is -3.87. The summed E-state index contributed by atoms with van der Waals surface area (Å²) in [5, 5.41) is 19.5. The first-order valence-corrected chi connectivity index (χ1v) is 11.1. The molecular weight excluding hydrogens is 458 g/mol. The summed E-state index contributed by atoms with van der Waals surface area (Å²) >= 11 is 0. The summed E-state index contributed by atoms with van der Waals surface area (Å²) in [6.45, 7) is 9.51.